The van der Waals surface area contributed by atoms with E-state index < -0.39 is 0 Å². The number of benzene rings is 1. The molecule has 1 aromatic rings. The standard InChI is InChI=1S/C13H17FN2S2/c1-9-8-18-5-4-16(9)7-10-6-11(14)2-3-12(10)13(15)17/h2-3,6,9H,4-5,7-8H2,1H3,(H2,15,17). The van der Waals surface area contributed by atoms with Gasteiger partial charge in [0.05, 0.1) is 0 Å². The van der Waals surface area contributed by atoms with Crippen molar-refractivity contribution in [2.45, 2.75) is 19.5 Å². The highest BCUT2D eigenvalue weighted by atomic mass is 32.2. The van der Waals surface area contributed by atoms with Crippen LogP contribution < -0.4 is 5.73 Å². The van der Waals surface area contributed by atoms with Crippen LogP contribution in [0.2, 0.25) is 0 Å². The van der Waals surface area contributed by atoms with Gasteiger partial charge in [0.25, 0.3) is 0 Å². The summed E-state index contributed by atoms with van der Waals surface area (Å²) in [6.45, 7) is 3.94. The van der Waals surface area contributed by atoms with E-state index in [0.29, 0.717) is 17.6 Å². The minimum absolute atomic E-state index is 0.232. The molecule has 0 bridgehead atoms. The van der Waals surface area contributed by atoms with Crippen LogP contribution in [0.25, 0.3) is 0 Å². The zero-order chi connectivity index (χ0) is 13.1. The normalized spacial score (nSPS) is 20.9. The SMILES string of the molecule is CC1CSCCN1Cc1cc(F)ccc1C(N)=S. The molecule has 1 aromatic carbocycles. The lowest BCUT2D eigenvalue weighted by Crippen LogP contribution is -2.40. The molecule has 1 unspecified atom stereocenters. The number of halogens is 1. The molecule has 0 spiro atoms. The van der Waals surface area contributed by atoms with Gasteiger partial charge in [-0.3, -0.25) is 4.90 Å². The first-order chi connectivity index (χ1) is 8.58. The number of nitrogens with two attached hydrogens (primary N) is 1. The largest absolute Gasteiger partial charge is 0.389 e. The molecule has 98 valence electrons. The summed E-state index contributed by atoms with van der Waals surface area (Å²) in [5.74, 6) is 2.02. The molecule has 0 aliphatic carbocycles. The zero-order valence-electron chi connectivity index (χ0n) is 10.4. The van der Waals surface area contributed by atoms with Gasteiger partial charge >= 0.3 is 0 Å². The lowest BCUT2D eigenvalue weighted by atomic mass is 10.1. The van der Waals surface area contributed by atoms with Crippen LogP contribution in [0, 0.1) is 5.82 Å². The number of hydrogen-bond acceptors (Lipinski definition) is 3. The molecule has 18 heavy (non-hydrogen) atoms. The van der Waals surface area contributed by atoms with Gasteiger partial charge in [0.1, 0.15) is 10.8 Å². The molecule has 2 N–H and O–H groups in total. The van der Waals surface area contributed by atoms with Crippen molar-refractivity contribution in [1.82, 2.24) is 4.90 Å². The van der Waals surface area contributed by atoms with Crippen molar-refractivity contribution in [3.8, 4) is 0 Å². The van der Waals surface area contributed by atoms with Crippen molar-refractivity contribution in [1.29, 1.82) is 0 Å². The number of thiocarbonyl (C=S) groups is 1. The summed E-state index contributed by atoms with van der Waals surface area (Å²) >= 11 is 6.99. The molecule has 2 rings (SSSR count). The maximum absolute atomic E-state index is 13.4. The Kier molecular flexibility index (Phi) is 4.59. The second kappa shape index (κ2) is 5.99. The molecule has 0 amide bonds. The van der Waals surface area contributed by atoms with Gasteiger partial charge in [-0.1, -0.05) is 12.2 Å². The Labute approximate surface area is 117 Å². The van der Waals surface area contributed by atoms with Crippen molar-refractivity contribution < 1.29 is 4.39 Å². The molecular weight excluding hydrogens is 267 g/mol. The first-order valence-electron chi connectivity index (χ1n) is 5.98. The van der Waals surface area contributed by atoms with Crippen molar-refractivity contribution >= 4 is 29.0 Å². The van der Waals surface area contributed by atoms with E-state index in [9.17, 15) is 4.39 Å². The molecule has 0 radical (unpaired) electrons. The highest BCUT2D eigenvalue weighted by Gasteiger charge is 2.20. The van der Waals surface area contributed by atoms with E-state index in [2.05, 4.69) is 11.8 Å². The van der Waals surface area contributed by atoms with Crippen LogP contribution in [-0.2, 0) is 6.54 Å². The van der Waals surface area contributed by atoms with E-state index in [1.54, 1.807) is 12.1 Å². The van der Waals surface area contributed by atoms with Crippen LogP contribution in [0.4, 0.5) is 4.39 Å². The van der Waals surface area contributed by atoms with Gasteiger partial charge in [0.15, 0.2) is 0 Å². The van der Waals surface area contributed by atoms with Crippen LogP contribution in [0.1, 0.15) is 18.1 Å². The topological polar surface area (TPSA) is 29.3 Å². The monoisotopic (exact) mass is 284 g/mol. The summed E-state index contributed by atoms with van der Waals surface area (Å²) < 4.78 is 13.4. The summed E-state index contributed by atoms with van der Waals surface area (Å²) in [5, 5.41) is 0. The Hall–Kier alpha value is -0.650. The fraction of sp³-hybridized carbons (Fsp3) is 0.462. The lowest BCUT2D eigenvalue weighted by Gasteiger charge is -2.33. The number of hydrogen-bond donors (Lipinski definition) is 1. The van der Waals surface area contributed by atoms with Crippen LogP contribution in [-0.4, -0.2) is 34.0 Å². The number of nitrogens with zero attached hydrogens (tertiary/aromatic N) is 1. The highest BCUT2D eigenvalue weighted by Crippen LogP contribution is 2.21. The van der Waals surface area contributed by atoms with Crippen molar-refractivity contribution in [3.05, 3.63) is 35.1 Å². The van der Waals surface area contributed by atoms with Gasteiger partial charge in [-0.25, -0.2) is 4.39 Å². The van der Waals surface area contributed by atoms with E-state index >= 15 is 0 Å². The third-order valence-corrected chi connectivity index (χ3v) is 4.62. The zero-order valence-corrected chi connectivity index (χ0v) is 12.0. The minimum atomic E-state index is -0.232. The van der Waals surface area contributed by atoms with Crippen LogP contribution >= 0.6 is 24.0 Å². The Morgan fingerprint density at radius 3 is 3.06 bits per heavy atom. The Morgan fingerprint density at radius 2 is 2.39 bits per heavy atom. The second-order valence-electron chi connectivity index (χ2n) is 4.56. The molecule has 1 saturated heterocycles. The smallest absolute Gasteiger partial charge is 0.123 e. The molecular formula is C13H17FN2S2. The number of rotatable bonds is 3. The van der Waals surface area contributed by atoms with Crippen LogP contribution in [0.5, 0.6) is 0 Å². The van der Waals surface area contributed by atoms with Gasteiger partial charge in [-0.15, -0.1) is 0 Å². The van der Waals surface area contributed by atoms with E-state index in [1.807, 2.05) is 11.8 Å². The van der Waals surface area contributed by atoms with Crippen LogP contribution in [0.15, 0.2) is 18.2 Å². The van der Waals surface area contributed by atoms with E-state index in [-0.39, 0.29) is 5.82 Å². The molecule has 1 fully saturated rings. The predicted molar refractivity (Wildman–Crippen MR) is 79.5 cm³/mol. The molecule has 2 nitrogen and oxygen atoms in total. The van der Waals surface area contributed by atoms with Crippen molar-refractivity contribution in [2.24, 2.45) is 5.73 Å². The maximum atomic E-state index is 13.4. The molecule has 0 saturated carbocycles. The Balaban J connectivity index is 2.21. The average Bonchev–Trinajstić information content (AvgIpc) is 2.32. The third-order valence-electron chi connectivity index (χ3n) is 3.21. The highest BCUT2D eigenvalue weighted by molar-refractivity contribution is 7.99. The minimum Gasteiger partial charge on any atom is -0.389 e. The average molecular weight is 284 g/mol. The first-order valence-corrected chi connectivity index (χ1v) is 7.54. The lowest BCUT2D eigenvalue weighted by molar-refractivity contribution is 0.223. The molecule has 1 aliphatic heterocycles. The maximum Gasteiger partial charge on any atom is 0.123 e. The quantitative estimate of drug-likeness (QED) is 0.863. The molecule has 5 heteroatoms. The molecule has 1 heterocycles. The molecule has 1 atom stereocenters. The Morgan fingerprint density at radius 1 is 1.61 bits per heavy atom. The summed E-state index contributed by atoms with van der Waals surface area (Å²) in [6, 6.07) is 5.14. The van der Waals surface area contributed by atoms with E-state index in [1.165, 1.54) is 6.07 Å². The summed E-state index contributed by atoms with van der Waals surface area (Å²) in [7, 11) is 0. The summed E-state index contributed by atoms with van der Waals surface area (Å²) in [5.41, 5.74) is 7.37. The van der Waals surface area contributed by atoms with Gasteiger partial charge in [0, 0.05) is 36.2 Å². The van der Waals surface area contributed by atoms with Gasteiger partial charge in [0.2, 0.25) is 0 Å². The van der Waals surface area contributed by atoms with Crippen LogP contribution in [0.3, 0.4) is 0 Å². The fourth-order valence-electron chi connectivity index (χ4n) is 2.15. The first kappa shape index (κ1) is 13.8. The van der Waals surface area contributed by atoms with Gasteiger partial charge < -0.3 is 5.73 Å². The van der Waals surface area contributed by atoms with Gasteiger partial charge in [-0.2, -0.15) is 11.8 Å². The van der Waals surface area contributed by atoms with E-state index in [0.717, 1.165) is 29.2 Å². The fourth-order valence-corrected chi connectivity index (χ4v) is 3.43. The van der Waals surface area contributed by atoms with Crippen molar-refractivity contribution in [3.63, 3.8) is 0 Å². The molecule has 1 aliphatic rings. The van der Waals surface area contributed by atoms with Gasteiger partial charge in [-0.05, 0) is 30.7 Å². The Bertz CT molecular complexity index is 451. The van der Waals surface area contributed by atoms with E-state index in [4.69, 9.17) is 18.0 Å². The molecule has 0 aromatic heterocycles. The predicted octanol–water partition coefficient (Wildman–Crippen LogP) is 2.40. The third kappa shape index (κ3) is 3.22. The number of thioether (sulfide) groups is 1. The second-order valence-corrected chi connectivity index (χ2v) is 6.15. The summed E-state index contributed by atoms with van der Waals surface area (Å²) in [4.78, 5) is 2.69. The van der Waals surface area contributed by atoms with Crippen molar-refractivity contribution in [2.75, 3.05) is 18.1 Å². The summed E-state index contributed by atoms with van der Waals surface area (Å²) in [6.07, 6.45) is 0.